The van der Waals surface area contributed by atoms with E-state index < -0.39 is 5.97 Å². The van der Waals surface area contributed by atoms with Gasteiger partial charge in [0.05, 0.1) is 18.7 Å². The highest BCUT2D eigenvalue weighted by Gasteiger charge is 2.37. The first-order chi connectivity index (χ1) is 14.2. The molecule has 0 saturated carbocycles. The fraction of sp³-hybridized carbons (Fsp3) is 0.478. The highest BCUT2D eigenvalue weighted by Crippen LogP contribution is 2.33. The second kappa shape index (κ2) is 8.82. The Morgan fingerprint density at radius 3 is 2.72 bits per heavy atom. The summed E-state index contributed by atoms with van der Waals surface area (Å²) in [5.74, 6) is 0.626. The van der Waals surface area contributed by atoms with Gasteiger partial charge in [-0.15, -0.1) is 0 Å². The molecule has 154 valence electrons. The van der Waals surface area contributed by atoms with E-state index >= 15 is 0 Å². The lowest BCUT2D eigenvalue weighted by atomic mass is 9.90. The smallest absolute Gasteiger partial charge is 0.337 e. The highest BCUT2D eigenvalue weighted by atomic mass is 16.5. The molecule has 6 nitrogen and oxygen atoms in total. The standard InChI is InChI=1S/C23H27NO5/c1-27-23(26)18-7-8-19-14-24(22(25)17-9-11-28-12-10-17)20(15-29-21(19)13-18)16-5-3-2-4-6-16/h2-5,7-8,13,16-17,20H,6,9-12,14-15H2,1H3/t16?,20-/m1/s1. The van der Waals surface area contributed by atoms with Crippen molar-refractivity contribution in [1.29, 1.82) is 0 Å². The van der Waals surface area contributed by atoms with Gasteiger partial charge in [0.1, 0.15) is 12.4 Å². The molecule has 1 amide bonds. The lowest BCUT2D eigenvalue weighted by molar-refractivity contribution is -0.143. The maximum Gasteiger partial charge on any atom is 0.337 e. The SMILES string of the molecule is COC(=O)c1ccc2c(c1)OC[C@H](C1C=CC=CC1)N(C(=O)C1CCOCC1)C2. The lowest BCUT2D eigenvalue weighted by Gasteiger charge is -2.37. The molecule has 1 aromatic carbocycles. The summed E-state index contributed by atoms with van der Waals surface area (Å²) >= 11 is 0. The largest absolute Gasteiger partial charge is 0.491 e. The number of methoxy groups -OCH3 is 1. The van der Waals surface area contributed by atoms with Gasteiger partial charge in [-0.3, -0.25) is 4.79 Å². The van der Waals surface area contributed by atoms with Crippen molar-refractivity contribution in [3.05, 3.63) is 53.6 Å². The van der Waals surface area contributed by atoms with Gasteiger partial charge in [-0.05, 0) is 31.4 Å². The zero-order valence-corrected chi connectivity index (χ0v) is 16.7. The predicted molar refractivity (Wildman–Crippen MR) is 108 cm³/mol. The van der Waals surface area contributed by atoms with Crippen LogP contribution in [0.4, 0.5) is 0 Å². The summed E-state index contributed by atoms with van der Waals surface area (Å²) in [6.07, 6.45) is 10.8. The van der Waals surface area contributed by atoms with Crippen LogP contribution in [0.3, 0.4) is 0 Å². The van der Waals surface area contributed by atoms with Crippen LogP contribution in [0.25, 0.3) is 0 Å². The summed E-state index contributed by atoms with van der Waals surface area (Å²) in [6, 6.07) is 5.26. The molecule has 2 aliphatic heterocycles. The zero-order chi connectivity index (χ0) is 20.2. The van der Waals surface area contributed by atoms with Crippen LogP contribution in [0.2, 0.25) is 0 Å². The second-order valence-electron chi connectivity index (χ2n) is 7.76. The topological polar surface area (TPSA) is 65.1 Å². The van der Waals surface area contributed by atoms with Gasteiger partial charge in [0.15, 0.2) is 0 Å². The monoisotopic (exact) mass is 397 g/mol. The molecule has 1 aliphatic carbocycles. The third-order valence-corrected chi connectivity index (χ3v) is 6.00. The van der Waals surface area contributed by atoms with E-state index in [4.69, 9.17) is 14.2 Å². The Bertz CT molecular complexity index is 825. The van der Waals surface area contributed by atoms with E-state index in [1.165, 1.54) is 7.11 Å². The van der Waals surface area contributed by atoms with Crippen LogP contribution in [0.15, 0.2) is 42.5 Å². The van der Waals surface area contributed by atoms with Crippen molar-refractivity contribution in [1.82, 2.24) is 4.90 Å². The number of esters is 1. The summed E-state index contributed by atoms with van der Waals surface area (Å²) in [5, 5.41) is 0. The number of ether oxygens (including phenoxy) is 3. The van der Waals surface area contributed by atoms with Crippen molar-refractivity contribution in [3.63, 3.8) is 0 Å². The molecule has 3 aliphatic rings. The summed E-state index contributed by atoms with van der Waals surface area (Å²) in [4.78, 5) is 27.4. The molecule has 0 spiro atoms. The molecule has 1 aromatic rings. The summed E-state index contributed by atoms with van der Waals surface area (Å²) in [5.41, 5.74) is 1.36. The number of nitrogens with zero attached hydrogens (tertiary/aromatic N) is 1. The Balaban J connectivity index is 1.64. The van der Waals surface area contributed by atoms with Crippen molar-refractivity contribution in [2.75, 3.05) is 26.9 Å². The molecule has 2 atom stereocenters. The third kappa shape index (κ3) is 4.22. The summed E-state index contributed by atoms with van der Waals surface area (Å²) in [6.45, 7) is 2.15. The van der Waals surface area contributed by atoms with Crippen LogP contribution in [0.1, 0.15) is 35.2 Å². The number of fused-ring (bicyclic) bond motifs is 1. The van der Waals surface area contributed by atoms with E-state index in [9.17, 15) is 9.59 Å². The van der Waals surface area contributed by atoms with Gasteiger partial charge in [-0.1, -0.05) is 30.4 Å². The van der Waals surface area contributed by atoms with E-state index in [2.05, 4.69) is 12.2 Å². The van der Waals surface area contributed by atoms with Gasteiger partial charge in [-0.2, -0.15) is 0 Å². The van der Waals surface area contributed by atoms with Gasteiger partial charge < -0.3 is 19.1 Å². The first-order valence-electron chi connectivity index (χ1n) is 10.2. The minimum Gasteiger partial charge on any atom is -0.491 e. The van der Waals surface area contributed by atoms with Gasteiger partial charge in [0, 0.05) is 37.2 Å². The third-order valence-electron chi connectivity index (χ3n) is 6.00. The van der Waals surface area contributed by atoms with Gasteiger partial charge in [0.2, 0.25) is 5.91 Å². The molecule has 0 bridgehead atoms. The van der Waals surface area contributed by atoms with Crippen molar-refractivity contribution in [2.45, 2.75) is 31.8 Å². The Morgan fingerprint density at radius 2 is 2.00 bits per heavy atom. The highest BCUT2D eigenvalue weighted by molar-refractivity contribution is 5.90. The molecular weight excluding hydrogens is 370 g/mol. The molecule has 4 rings (SSSR count). The zero-order valence-electron chi connectivity index (χ0n) is 16.7. The van der Waals surface area contributed by atoms with E-state index in [0.717, 1.165) is 24.8 Å². The number of rotatable bonds is 3. The summed E-state index contributed by atoms with van der Waals surface area (Å²) in [7, 11) is 1.36. The number of amides is 1. The van der Waals surface area contributed by atoms with Crippen LogP contribution in [0, 0.1) is 11.8 Å². The number of carbonyl (C=O) groups is 2. The first-order valence-corrected chi connectivity index (χ1v) is 10.2. The Labute approximate surface area is 171 Å². The molecule has 1 fully saturated rings. The van der Waals surface area contributed by atoms with Crippen molar-refractivity contribution < 1.29 is 23.8 Å². The van der Waals surface area contributed by atoms with E-state index in [0.29, 0.717) is 37.7 Å². The average molecular weight is 397 g/mol. The Hall–Kier alpha value is -2.60. The first kappa shape index (κ1) is 19.7. The van der Waals surface area contributed by atoms with Crippen LogP contribution < -0.4 is 4.74 Å². The Morgan fingerprint density at radius 1 is 1.17 bits per heavy atom. The number of hydrogen-bond donors (Lipinski definition) is 0. The molecule has 6 heteroatoms. The molecule has 2 heterocycles. The van der Waals surface area contributed by atoms with Crippen LogP contribution >= 0.6 is 0 Å². The van der Waals surface area contributed by atoms with E-state index in [1.54, 1.807) is 12.1 Å². The van der Waals surface area contributed by atoms with Crippen molar-refractivity contribution >= 4 is 11.9 Å². The fourth-order valence-electron chi connectivity index (χ4n) is 4.29. The van der Waals surface area contributed by atoms with Crippen molar-refractivity contribution in [2.24, 2.45) is 11.8 Å². The normalized spacial score (nSPS) is 24.4. The van der Waals surface area contributed by atoms with Crippen LogP contribution in [-0.4, -0.2) is 49.7 Å². The quantitative estimate of drug-likeness (QED) is 0.734. The molecule has 0 aromatic heterocycles. The van der Waals surface area contributed by atoms with Crippen molar-refractivity contribution in [3.8, 4) is 5.75 Å². The van der Waals surface area contributed by atoms with Gasteiger partial charge in [0.25, 0.3) is 0 Å². The molecule has 1 unspecified atom stereocenters. The molecule has 0 radical (unpaired) electrons. The fourth-order valence-corrected chi connectivity index (χ4v) is 4.29. The Kier molecular flexibility index (Phi) is 6.00. The van der Waals surface area contributed by atoms with Gasteiger partial charge in [-0.25, -0.2) is 4.79 Å². The maximum atomic E-state index is 13.5. The number of benzene rings is 1. The summed E-state index contributed by atoms with van der Waals surface area (Å²) < 4.78 is 16.4. The number of allylic oxidation sites excluding steroid dienone is 3. The second-order valence-corrected chi connectivity index (χ2v) is 7.76. The number of hydrogen-bond acceptors (Lipinski definition) is 5. The molecule has 1 saturated heterocycles. The minimum absolute atomic E-state index is 0.00902. The van der Waals surface area contributed by atoms with Gasteiger partial charge >= 0.3 is 5.97 Å². The molecule has 0 N–H and O–H groups in total. The lowest BCUT2D eigenvalue weighted by Crippen LogP contribution is -2.49. The minimum atomic E-state index is -0.396. The number of carbonyl (C=O) groups excluding carboxylic acids is 2. The molecule has 29 heavy (non-hydrogen) atoms. The average Bonchev–Trinajstić information content (AvgIpc) is 2.98. The maximum absolute atomic E-state index is 13.5. The van der Waals surface area contributed by atoms with Crippen LogP contribution in [-0.2, 0) is 20.8 Å². The van der Waals surface area contributed by atoms with Crippen LogP contribution in [0.5, 0.6) is 5.75 Å². The predicted octanol–water partition coefficient (Wildman–Crippen LogP) is 3.12. The van der Waals surface area contributed by atoms with E-state index in [1.807, 2.05) is 23.1 Å². The molecular formula is C23H27NO5. The van der Waals surface area contributed by atoms with E-state index in [-0.39, 0.29) is 23.8 Å².